The Morgan fingerprint density at radius 2 is 1.87 bits per heavy atom. The van der Waals surface area contributed by atoms with Gasteiger partial charge in [0.15, 0.2) is 0 Å². The fraction of sp³-hybridized carbons (Fsp3) is 0.304. The second-order valence-corrected chi connectivity index (χ2v) is 7.20. The predicted octanol–water partition coefficient (Wildman–Crippen LogP) is 5.24. The quantitative estimate of drug-likeness (QED) is 0.680. The maximum Gasteiger partial charge on any atom is 0.431 e. The minimum absolute atomic E-state index is 0.0667. The Kier molecular flexibility index (Phi) is 6.99. The molecule has 3 rings (SSSR count). The number of methoxy groups -OCH3 is 1. The highest BCUT2D eigenvalue weighted by Crippen LogP contribution is 2.31. The molecule has 0 atom stereocenters. The molecule has 0 aromatic heterocycles. The molecule has 5 nitrogen and oxygen atoms in total. The molecule has 3 N–H and O–H groups in total. The van der Waals surface area contributed by atoms with Crippen LogP contribution in [0.4, 0.5) is 18.9 Å². The van der Waals surface area contributed by atoms with Crippen molar-refractivity contribution in [1.29, 1.82) is 0 Å². The summed E-state index contributed by atoms with van der Waals surface area (Å²) in [7, 11) is 1.54. The third-order valence-corrected chi connectivity index (χ3v) is 5.10. The van der Waals surface area contributed by atoms with Crippen LogP contribution in [0.15, 0.2) is 64.8 Å². The average molecular weight is 431 g/mol. The fourth-order valence-corrected chi connectivity index (χ4v) is 3.48. The second-order valence-electron chi connectivity index (χ2n) is 7.20. The molecule has 1 aliphatic rings. The number of amides is 1. The molecule has 2 aromatic rings. The van der Waals surface area contributed by atoms with Crippen molar-refractivity contribution in [1.82, 2.24) is 0 Å². The zero-order valence-corrected chi connectivity index (χ0v) is 17.1. The minimum Gasteiger partial charge on any atom is -0.497 e. The van der Waals surface area contributed by atoms with Gasteiger partial charge in [-0.15, -0.1) is 0 Å². The molecule has 1 fully saturated rings. The topological polar surface area (TPSA) is 76.7 Å². The molecule has 0 saturated heterocycles. The van der Waals surface area contributed by atoms with Gasteiger partial charge < -0.3 is 15.8 Å². The van der Waals surface area contributed by atoms with Gasteiger partial charge in [-0.2, -0.15) is 13.2 Å². The number of hydrogen-bond acceptors (Lipinski definition) is 4. The van der Waals surface area contributed by atoms with E-state index in [0.717, 1.165) is 6.42 Å². The van der Waals surface area contributed by atoms with Crippen molar-refractivity contribution in [3.8, 4) is 5.75 Å². The normalized spacial score (nSPS) is 17.4. The highest BCUT2D eigenvalue weighted by molar-refractivity contribution is 6.05. The predicted molar refractivity (Wildman–Crippen MR) is 114 cm³/mol. The van der Waals surface area contributed by atoms with Crippen molar-refractivity contribution in [2.24, 2.45) is 10.7 Å². The van der Waals surface area contributed by atoms with Crippen LogP contribution in [0, 0.1) is 0 Å². The second kappa shape index (κ2) is 9.68. The van der Waals surface area contributed by atoms with Gasteiger partial charge in [-0.1, -0.05) is 24.3 Å². The maximum absolute atomic E-state index is 13.1. The number of halogens is 3. The van der Waals surface area contributed by atoms with Gasteiger partial charge >= 0.3 is 6.18 Å². The number of aliphatic imine (C=N–C) groups is 1. The molecule has 1 aliphatic carbocycles. The van der Waals surface area contributed by atoms with E-state index in [4.69, 9.17) is 10.5 Å². The molecule has 0 unspecified atom stereocenters. The van der Waals surface area contributed by atoms with E-state index < -0.39 is 11.9 Å². The summed E-state index contributed by atoms with van der Waals surface area (Å²) in [6, 6.07) is 13.8. The Morgan fingerprint density at radius 1 is 1.13 bits per heavy atom. The van der Waals surface area contributed by atoms with Crippen LogP contribution in [0.2, 0.25) is 0 Å². The fourth-order valence-electron chi connectivity index (χ4n) is 3.48. The SMILES string of the molecule is COc1cccc(NC(=O)c2ccccc2CN=C2CCCCC2=C(N)C(F)(F)F)c1. The van der Waals surface area contributed by atoms with Gasteiger partial charge in [-0.05, 0) is 49.4 Å². The van der Waals surface area contributed by atoms with Crippen molar-refractivity contribution in [3.05, 3.63) is 70.9 Å². The Hall–Kier alpha value is -3.29. The summed E-state index contributed by atoms with van der Waals surface area (Å²) in [4.78, 5) is 17.2. The van der Waals surface area contributed by atoms with Crippen molar-refractivity contribution in [3.63, 3.8) is 0 Å². The molecule has 1 saturated carbocycles. The molecule has 0 radical (unpaired) electrons. The molecule has 2 aromatic carbocycles. The first-order valence-electron chi connectivity index (χ1n) is 9.92. The van der Waals surface area contributed by atoms with E-state index in [1.807, 2.05) is 0 Å². The minimum atomic E-state index is -4.58. The molecule has 31 heavy (non-hydrogen) atoms. The Labute approximate surface area is 178 Å². The maximum atomic E-state index is 13.1. The number of anilines is 1. The van der Waals surface area contributed by atoms with Crippen LogP contribution in [0.25, 0.3) is 0 Å². The first-order chi connectivity index (χ1) is 14.8. The third kappa shape index (κ3) is 5.65. The van der Waals surface area contributed by atoms with Crippen LogP contribution < -0.4 is 15.8 Å². The van der Waals surface area contributed by atoms with Gasteiger partial charge in [0.05, 0.1) is 13.7 Å². The number of ether oxygens (including phenoxy) is 1. The van der Waals surface area contributed by atoms with Crippen LogP contribution in [-0.4, -0.2) is 24.9 Å². The third-order valence-electron chi connectivity index (χ3n) is 5.10. The number of nitrogens with zero attached hydrogens (tertiary/aromatic N) is 1. The number of allylic oxidation sites excluding steroid dienone is 2. The molecule has 1 amide bonds. The zero-order valence-electron chi connectivity index (χ0n) is 17.1. The lowest BCUT2D eigenvalue weighted by Crippen LogP contribution is -2.26. The van der Waals surface area contributed by atoms with E-state index in [1.165, 1.54) is 7.11 Å². The molecule has 0 bridgehead atoms. The van der Waals surface area contributed by atoms with E-state index >= 15 is 0 Å². The largest absolute Gasteiger partial charge is 0.497 e. The van der Waals surface area contributed by atoms with E-state index in [0.29, 0.717) is 41.1 Å². The Balaban J connectivity index is 1.83. The Morgan fingerprint density at radius 3 is 2.61 bits per heavy atom. The van der Waals surface area contributed by atoms with Gasteiger partial charge in [0.1, 0.15) is 11.4 Å². The van der Waals surface area contributed by atoms with Gasteiger partial charge in [-0.3, -0.25) is 9.79 Å². The molecule has 8 heteroatoms. The summed E-state index contributed by atoms with van der Waals surface area (Å²) in [5, 5.41) is 2.81. The average Bonchev–Trinajstić information content (AvgIpc) is 2.77. The number of carbonyl (C=O) groups is 1. The van der Waals surface area contributed by atoms with Crippen molar-refractivity contribution in [2.75, 3.05) is 12.4 Å². The lowest BCUT2D eigenvalue weighted by molar-refractivity contribution is -0.0933. The standard InChI is InChI=1S/C23H24F3N3O2/c1-31-17-9-6-8-16(13-17)29-22(30)18-10-3-2-7-15(18)14-28-20-12-5-4-11-19(20)21(27)23(24,25)26/h2-3,6-10,13H,4-5,11-12,14,27H2,1H3,(H,29,30). The highest BCUT2D eigenvalue weighted by atomic mass is 19.4. The summed E-state index contributed by atoms with van der Waals surface area (Å²) < 4.78 is 44.5. The van der Waals surface area contributed by atoms with Crippen molar-refractivity contribution < 1.29 is 22.7 Å². The molecular formula is C23H24F3N3O2. The van der Waals surface area contributed by atoms with E-state index in [-0.39, 0.29) is 24.4 Å². The van der Waals surface area contributed by atoms with Crippen molar-refractivity contribution in [2.45, 2.75) is 38.4 Å². The number of nitrogens with one attached hydrogen (secondary N) is 1. The van der Waals surface area contributed by atoms with E-state index in [2.05, 4.69) is 10.3 Å². The molecule has 0 heterocycles. The number of benzene rings is 2. The zero-order chi connectivity index (χ0) is 22.4. The number of hydrogen-bond donors (Lipinski definition) is 2. The van der Waals surface area contributed by atoms with Crippen LogP contribution in [0.3, 0.4) is 0 Å². The number of rotatable bonds is 5. The van der Waals surface area contributed by atoms with Crippen LogP contribution in [-0.2, 0) is 6.54 Å². The number of carbonyl (C=O) groups excluding carboxylic acids is 1. The Bertz CT molecular complexity index is 1010. The van der Waals surface area contributed by atoms with Gasteiger partial charge in [0.2, 0.25) is 0 Å². The summed E-state index contributed by atoms with van der Waals surface area (Å²) in [5.41, 5.74) is 6.32. The monoisotopic (exact) mass is 431 g/mol. The first kappa shape index (κ1) is 22.4. The van der Waals surface area contributed by atoms with Crippen LogP contribution in [0.1, 0.15) is 41.6 Å². The summed E-state index contributed by atoms with van der Waals surface area (Å²) >= 11 is 0. The van der Waals surface area contributed by atoms with Gasteiger partial charge in [0.25, 0.3) is 5.91 Å². The molecule has 0 aliphatic heterocycles. The molecule has 164 valence electrons. The summed E-state index contributed by atoms with van der Waals surface area (Å²) in [5.74, 6) is 0.273. The lowest BCUT2D eigenvalue weighted by Gasteiger charge is -2.21. The smallest absolute Gasteiger partial charge is 0.431 e. The van der Waals surface area contributed by atoms with Crippen molar-refractivity contribution >= 4 is 17.3 Å². The lowest BCUT2D eigenvalue weighted by atomic mass is 9.91. The van der Waals surface area contributed by atoms with Gasteiger partial charge in [-0.25, -0.2) is 0 Å². The first-order valence-corrected chi connectivity index (χ1v) is 9.92. The molecular weight excluding hydrogens is 407 g/mol. The van der Waals surface area contributed by atoms with E-state index in [1.54, 1.807) is 48.5 Å². The summed E-state index contributed by atoms with van der Waals surface area (Å²) in [6.45, 7) is 0.0890. The van der Waals surface area contributed by atoms with E-state index in [9.17, 15) is 18.0 Å². The van der Waals surface area contributed by atoms with Crippen LogP contribution in [0.5, 0.6) is 5.75 Å². The number of alkyl halides is 3. The molecule has 0 spiro atoms. The number of nitrogens with two attached hydrogens (primary N) is 1. The van der Waals surface area contributed by atoms with Gasteiger partial charge in [0, 0.05) is 28.6 Å². The highest BCUT2D eigenvalue weighted by Gasteiger charge is 2.35. The van der Waals surface area contributed by atoms with Crippen LogP contribution >= 0.6 is 0 Å². The summed E-state index contributed by atoms with van der Waals surface area (Å²) in [6.07, 6.45) is -2.50.